The number of hydrogen-bond acceptors (Lipinski definition) is 8. The number of carbonyl (C=O) groups excluding carboxylic acids is 3. The van der Waals surface area contributed by atoms with E-state index in [1.807, 2.05) is 0 Å². The molecule has 1 heterocycles. The van der Waals surface area contributed by atoms with Gasteiger partial charge in [-0.1, -0.05) is 29.3 Å². The van der Waals surface area contributed by atoms with Crippen LogP contribution in [-0.2, 0) is 14.3 Å². The molecule has 3 amide bonds. The van der Waals surface area contributed by atoms with Crippen LogP contribution >= 0.6 is 23.2 Å². The molecule has 1 atom stereocenters. The van der Waals surface area contributed by atoms with Crippen LogP contribution in [0.25, 0.3) is 0 Å². The average Bonchev–Trinajstić information content (AvgIpc) is 2.85. The Balaban J connectivity index is 1.69. The molecule has 0 bridgehead atoms. The molecule has 0 aliphatic carbocycles. The Morgan fingerprint density at radius 1 is 1.19 bits per heavy atom. The molecule has 0 saturated carbocycles. The Morgan fingerprint density at radius 2 is 1.89 bits per heavy atom. The number of methoxy groups -OCH3 is 1. The number of phenolic OH excluding ortho intramolecular Hbond substituents is 1. The van der Waals surface area contributed by atoms with E-state index in [9.17, 15) is 19.5 Å². The molecule has 0 saturated heterocycles. The smallest absolute Gasteiger partial charge is 0.338 e. The number of halogens is 2. The first-order chi connectivity index (χ1) is 17.6. The number of rotatable bonds is 9. The number of hydrogen-bond donors (Lipinski definition) is 4. The number of hydrazone groups is 1. The third-order valence-corrected chi connectivity index (χ3v) is 5.66. The molecule has 4 N–H and O–H groups in total. The van der Waals surface area contributed by atoms with Crippen molar-refractivity contribution < 1.29 is 33.7 Å². The maximum absolute atomic E-state index is 12.5. The number of nitrogens with zero attached hydrogens (tertiary/aromatic N) is 1. The zero-order chi connectivity index (χ0) is 27.1. The molecule has 0 radical (unpaired) electrons. The zero-order valence-electron chi connectivity index (χ0n) is 20.1. The van der Waals surface area contributed by atoms with E-state index < -0.39 is 23.9 Å². The van der Waals surface area contributed by atoms with E-state index in [0.717, 1.165) is 0 Å². The summed E-state index contributed by atoms with van der Waals surface area (Å²) in [7, 11) is 1.42. The lowest BCUT2D eigenvalue weighted by Gasteiger charge is -2.28. The van der Waals surface area contributed by atoms with Gasteiger partial charge in [-0.25, -0.2) is 15.0 Å². The third-order valence-electron chi connectivity index (χ3n) is 5.09. The number of amides is 3. The van der Waals surface area contributed by atoms with Crippen LogP contribution in [0.15, 0.2) is 46.7 Å². The van der Waals surface area contributed by atoms with Crippen LogP contribution in [-0.4, -0.2) is 49.6 Å². The second-order valence-electron chi connectivity index (χ2n) is 7.62. The Hall–Kier alpha value is -3.96. The topological polar surface area (TPSA) is 148 Å². The quantitative estimate of drug-likeness (QED) is 0.212. The molecule has 2 aromatic rings. The van der Waals surface area contributed by atoms with Gasteiger partial charge in [0.1, 0.15) is 0 Å². The number of allylic oxidation sites excluding steroid dienone is 1. The fraction of sp³-hybridized carbons (Fsp3) is 0.250. The summed E-state index contributed by atoms with van der Waals surface area (Å²) in [5.41, 5.74) is 3.93. The van der Waals surface area contributed by atoms with Crippen molar-refractivity contribution in [1.29, 1.82) is 0 Å². The molecule has 0 fully saturated rings. The number of phenols is 1. The van der Waals surface area contributed by atoms with Gasteiger partial charge in [-0.3, -0.25) is 4.79 Å². The fourth-order valence-corrected chi connectivity index (χ4v) is 3.92. The molecule has 0 spiro atoms. The molecule has 2 aromatic carbocycles. The predicted octanol–water partition coefficient (Wildman–Crippen LogP) is 3.43. The van der Waals surface area contributed by atoms with Crippen molar-refractivity contribution in [2.45, 2.75) is 19.9 Å². The maximum atomic E-state index is 12.5. The van der Waals surface area contributed by atoms with Crippen molar-refractivity contribution in [2.24, 2.45) is 5.10 Å². The van der Waals surface area contributed by atoms with Gasteiger partial charge in [-0.15, -0.1) is 0 Å². The highest BCUT2D eigenvalue weighted by Crippen LogP contribution is 2.35. The molecule has 0 aromatic heterocycles. The lowest BCUT2D eigenvalue weighted by Crippen LogP contribution is -2.45. The van der Waals surface area contributed by atoms with E-state index in [1.54, 1.807) is 32.0 Å². The number of benzene rings is 2. The molecule has 0 unspecified atom stereocenters. The van der Waals surface area contributed by atoms with Crippen LogP contribution in [0, 0.1) is 0 Å². The van der Waals surface area contributed by atoms with Crippen LogP contribution < -0.4 is 25.5 Å². The summed E-state index contributed by atoms with van der Waals surface area (Å²) in [6.07, 6.45) is 1.30. The standard InChI is InChI=1S/C24H24Cl2N4O7/c1-4-36-23(33)20-12(2)28-24(34)29-21(20)14-5-6-17(18(9-14)35-3)37-11-19(31)30-27-10-13-7-15(25)22(32)16(26)8-13/h5-10,21,32H,4,11H2,1-3H3,(H,30,31)(H2,28,29,34)/b27-10-/t21-/m1/s1. The molecular formula is C24H24Cl2N4O7. The first-order valence-corrected chi connectivity index (χ1v) is 11.7. The first-order valence-electron chi connectivity index (χ1n) is 10.9. The van der Waals surface area contributed by atoms with Gasteiger partial charge in [0.05, 0.1) is 41.6 Å². The van der Waals surface area contributed by atoms with Crippen molar-refractivity contribution in [3.05, 3.63) is 62.8 Å². The predicted molar refractivity (Wildman–Crippen MR) is 136 cm³/mol. The number of ether oxygens (including phenoxy) is 3. The number of nitrogens with one attached hydrogen (secondary N) is 3. The maximum Gasteiger partial charge on any atom is 0.338 e. The van der Waals surface area contributed by atoms with Gasteiger partial charge in [-0.2, -0.15) is 5.10 Å². The molecule has 37 heavy (non-hydrogen) atoms. The number of carbonyl (C=O) groups is 3. The molecule has 1 aliphatic heterocycles. The van der Waals surface area contributed by atoms with E-state index in [2.05, 4.69) is 21.2 Å². The van der Waals surface area contributed by atoms with E-state index in [-0.39, 0.29) is 46.1 Å². The van der Waals surface area contributed by atoms with Gasteiger partial charge in [0, 0.05) is 5.70 Å². The summed E-state index contributed by atoms with van der Waals surface area (Å²) >= 11 is 11.7. The van der Waals surface area contributed by atoms with Gasteiger partial charge >= 0.3 is 12.0 Å². The minimum Gasteiger partial charge on any atom is -0.505 e. The lowest BCUT2D eigenvalue weighted by atomic mass is 9.95. The number of aromatic hydroxyl groups is 1. The van der Waals surface area contributed by atoms with Crippen LogP contribution in [0.3, 0.4) is 0 Å². The van der Waals surface area contributed by atoms with Gasteiger partial charge in [0.2, 0.25) is 0 Å². The largest absolute Gasteiger partial charge is 0.505 e. The highest BCUT2D eigenvalue weighted by molar-refractivity contribution is 6.37. The summed E-state index contributed by atoms with van der Waals surface area (Å²) in [6, 6.07) is 6.38. The average molecular weight is 551 g/mol. The molecule has 13 heteroatoms. The Labute approximate surface area is 222 Å². The van der Waals surface area contributed by atoms with Crippen LogP contribution in [0.5, 0.6) is 17.2 Å². The summed E-state index contributed by atoms with van der Waals surface area (Å²) in [5.74, 6) is -0.848. The van der Waals surface area contributed by atoms with Gasteiger partial charge in [0.25, 0.3) is 5.91 Å². The highest BCUT2D eigenvalue weighted by Gasteiger charge is 2.32. The molecule has 11 nitrogen and oxygen atoms in total. The Morgan fingerprint density at radius 3 is 2.54 bits per heavy atom. The Bertz CT molecular complexity index is 1260. The summed E-state index contributed by atoms with van der Waals surface area (Å²) in [5, 5.41) is 18.8. The fourth-order valence-electron chi connectivity index (χ4n) is 3.42. The van der Waals surface area contributed by atoms with Crippen LogP contribution in [0.2, 0.25) is 10.0 Å². The van der Waals surface area contributed by atoms with Crippen molar-refractivity contribution >= 4 is 47.3 Å². The van der Waals surface area contributed by atoms with E-state index in [4.69, 9.17) is 37.4 Å². The van der Waals surface area contributed by atoms with Gasteiger partial charge in [0.15, 0.2) is 23.9 Å². The second kappa shape index (κ2) is 12.3. The van der Waals surface area contributed by atoms with Gasteiger partial charge in [-0.05, 0) is 49.2 Å². The first kappa shape index (κ1) is 27.6. The summed E-state index contributed by atoms with van der Waals surface area (Å²) in [4.78, 5) is 36.7. The van der Waals surface area contributed by atoms with E-state index in [1.165, 1.54) is 25.5 Å². The van der Waals surface area contributed by atoms with Crippen molar-refractivity contribution in [3.8, 4) is 17.2 Å². The molecular weight excluding hydrogens is 527 g/mol. The van der Waals surface area contributed by atoms with Crippen molar-refractivity contribution in [1.82, 2.24) is 16.1 Å². The molecule has 1 aliphatic rings. The number of esters is 1. The number of urea groups is 1. The highest BCUT2D eigenvalue weighted by atomic mass is 35.5. The lowest BCUT2D eigenvalue weighted by molar-refractivity contribution is -0.139. The van der Waals surface area contributed by atoms with E-state index in [0.29, 0.717) is 16.8 Å². The third kappa shape index (κ3) is 6.83. The minimum absolute atomic E-state index is 0.0447. The van der Waals surface area contributed by atoms with E-state index >= 15 is 0 Å². The summed E-state index contributed by atoms with van der Waals surface area (Å²) < 4.78 is 16.1. The summed E-state index contributed by atoms with van der Waals surface area (Å²) in [6.45, 7) is 3.09. The van der Waals surface area contributed by atoms with Crippen LogP contribution in [0.4, 0.5) is 4.79 Å². The van der Waals surface area contributed by atoms with Crippen LogP contribution in [0.1, 0.15) is 31.0 Å². The van der Waals surface area contributed by atoms with Crippen molar-refractivity contribution in [2.75, 3.05) is 20.3 Å². The molecule has 3 rings (SSSR count). The van der Waals surface area contributed by atoms with Crippen molar-refractivity contribution in [3.63, 3.8) is 0 Å². The monoisotopic (exact) mass is 550 g/mol. The second-order valence-corrected chi connectivity index (χ2v) is 8.43. The minimum atomic E-state index is -0.782. The normalized spacial score (nSPS) is 15.2. The SMILES string of the molecule is CCOC(=O)C1=C(C)NC(=O)N[C@@H]1c1ccc(OCC(=O)N/N=C\c2cc(Cl)c(O)c(Cl)c2)c(OC)c1. The Kier molecular flexibility index (Phi) is 9.20. The zero-order valence-corrected chi connectivity index (χ0v) is 21.6. The molecule has 196 valence electrons. The van der Waals surface area contributed by atoms with Gasteiger partial charge < -0.3 is 30.0 Å².